The van der Waals surface area contributed by atoms with Crippen LogP contribution >= 0.6 is 11.6 Å². The van der Waals surface area contributed by atoms with E-state index in [-0.39, 0.29) is 0 Å². The maximum atomic E-state index is 6.84. The first-order valence-corrected chi connectivity index (χ1v) is 12.1. The van der Waals surface area contributed by atoms with Gasteiger partial charge in [-0.1, -0.05) is 103 Å². The van der Waals surface area contributed by atoms with Gasteiger partial charge in [0.25, 0.3) is 0 Å². The first-order valence-electron chi connectivity index (χ1n) is 11.7. The van der Waals surface area contributed by atoms with Gasteiger partial charge in [-0.25, -0.2) is 4.98 Å². The minimum Gasteiger partial charge on any atom is -0.436 e. The van der Waals surface area contributed by atoms with Crippen molar-refractivity contribution in [1.29, 1.82) is 0 Å². The van der Waals surface area contributed by atoms with E-state index in [0.29, 0.717) is 5.89 Å². The molecule has 0 spiro atoms. The first kappa shape index (κ1) is 20.3. The predicted molar refractivity (Wildman–Crippen MR) is 142 cm³/mol. The third-order valence-corrected chi connectivity index (χ3v) is 7.38. The van der Waals surface area contributed by atoms with Gasteiger partial charge in [-0.15, -0.1) is 0 Å². The van der Waals surface area contributed by atoms with Crippen LogP contribution in [-0.4, -0.2) is 4.98 Å². The number of hydrogen-bond acceptors (Lipinski definition) is 2. The van der Waals surface area contributed by atoms with E-state index in [0.717, 1.165) is 32.8 Å². The molecule has 1 atom stereocenters. The Kier molecular flexibility index (Phi) is 4.45. The molecule has 7 rings (SSSR count). The van der Waals surface area contributed by atoms with Gasteiger partial charge in [0, 0.05) is 16.1 Å². The highest BCUT2D eigenvalue weighted by atomic mass is 35.5. The van der Waals surface area contributed by atoms with Gasteiger partial charge in [-0.05, 0) is 58.1 Å². The van der Waals surface area contributed by atoms with Gasteiger partial charge >= 0.3 is 0 Å². The van der Waals surface area contributed by atoms with E-state index in [1.54, 1.807) is 0 Å². The van der Waals surface area contributed by atoms with Gasteiger partial charge in [0.15, 0.2) is 5.58 Å². The topological polar surface area (TPSA) is 26.0 Å². The van der Waals surface area contributed by atoms with E-state index < -0.39 is 5.41 Å². The fourth-order valence-electron chi connectivity index (χ4n) is 5.63. The monoisotopic (exact) mass is 469 g/mol. The van der Waals surface area contributed by atoms with Gasteiger partial charge in [0.05, 0.1) is 5.41 Å². The molecular formula is C32H20ClNO. The molecule has 0 N–H and O–H groups in total. The molecule has 1 aromatic heterocycles. The highest BCUT2D eigenvalue weighted by molar-refractivity contribution is 6.34. The molecule has 0 saturated carbocycles. The number of benzene rings is 5. The maximum Gasteiger partial charge on any atom is 0.227 e. The number of halogens is 1. The number of fused-ring (bicyclic) bond motifs is 4. The molecule has 1 aliphatic rings. The zero-order chi connectivity index (χ0) is 23.4. The molecular weight excluding hydrogens is 450 g/mol. The lowest BCUT2D eigenvalue weighted by molar-refractivity contribution is 0.619. The molecule has 1 aliphatic carbocycles. The van der Waals surface area contributed by atoms with Gasteiger partial charge < -0.3 is 4.42 Å². The van der Waals surface area contributed by atoms with Crippen LogP contribution < -0.4 is 0 Å². The van der Waals surface area contributed by atoms with Crippen LogP contribution in [0, 0.1) is 0 Å². The summed E-state index contributed by atoms with van der Waals surface area (Å²) >= 11 is 6.84. The third kappa shape index (κ3) is 2.87. The lowest BCUT2D eigenvalue weighted by Gasteiger charge is -2.33. The summed E-state index contributed by atoms with van der Waals surface area (Å²) in [5, 5.41) is 0.765. The minimum atomic E-state index is -0.516. The average Bonchev–Trinajstić information content (AvgIpc) is 3.48. The lowest BCUT2D eigenvalue weighted by Crippen LogP contribution is -2.28. The third-order valence-electron chi connectivity index (χ3n) is 7.07. The Labute approximate surface area is 208 Å². The molecule has 0 fully saturated rings. The quantitative estimate of drug-likeness (QED) is 0.259. The molecule has 0 bridgehead atoms. The molecule has 2 nitrogen and oxygen atoms in total. The Morgan fingerprint density at radius 1 is 0.629 bits per heavy atom. The largest absolute Gasteiger partial charge is 0.436 e. The van der Waals surface area contributed by atoms with E-state index in [9.17, 15) is 0 Å². The minimum absolute atomic E-state index is 0.516. The molecule has 3 heteroatoms. The van der Waals surface area contributed by atoms with Gasteiger partial charge in [0.1, 0.15) is 5.52 Å². The summed E-state index contributed by atoms with van der Waals surface area (Å²) < 4.78 is 6.14. The molecule has 0 radical (unpaired) electrons. The Balaban J connectivity index is 1.55. The van der Waals surface area contributed by atoms with E-state index in [1.165, 1.54) is 22.3 Å². The predicted octanol–water partition coefficient (Wildman–Crippen LogP) is 8.51. The van der Waals surface area contributed by atoms with Crippen molar-refractivity contribution in [2.45, 2.75) is 5.41 Å². The van der Waals surface area contributed by atoms with Crippen molar-refractivity contribution in [2.75, 3.05) is 0 Å². The van der Waals surface area contributed by atoms with E-state index in [2.05, 4.69) is 72.8 Å². The number of hydrogen-bond donors (Lipinski definition) is 0. The Morgan fingerprint density at radius 3 is 2.17 bits per heavy atom. The summed E-state index contributed by atoms with van der Waals surface area (Å²) in [6, 6.07) is 41.9. The Morgan fingerprint density at radius 2 is 1.34 bits per heavy atom. The zero-order valence-electron chi connectivity index (χ0n) is 18.8. The lowest BCUT2D eigenvalue weighted by atomic mass is 9.67. The summed E-state index contributed by atoms with van der Waals surface area (Å²) in [7, 11) is 0. The van der Waals surface area contributed by atoms with E-state index >= 15 is 0 Å². The van der Waals surface area contributed by atoms with Crippen LogP contribution in [0.4, 0.5) is 0 Å². The highest BCUT2D eigenvalue weighted by Gasteiger charge is 2.46. The molecule has 0 aliphatic heterocycles. The van der Waals surface area contributed by atoms with Crippen molar-refractivity contribution in [3.8, 4) is 22.6 Å². The molecule has 166 valence electrons. The van der Waals surface area contributed by atoms with Crippen molar-refractivity contribution < 1.29 is 4.42 Å². The van der Waals surface area contributed by atoms with Crippen LogP contribution in [0.5, 0.6) is 0 Å². The molecule has 1 heterocycles. The van der Waals surface area contributed by atoms with Crippen molar-refractivity contribution in [1.82, 2.24) is 4.98 Å². The first-order chi connectivity index (χ1) is 17.3. The van der Waals surface area contributed by atoms with Crippen LogP contribution in [0.3, 0.4) is 0 Å². The Hall–Kier alpha value is -4.14. The molecule has 1 unspecified atom stereocenters. The molecule has 35 heavy (non-hydrogen) atoms. The number of nitrogens with zero attached hydrogens (tertiary/aromatic N) is 1. The Bertz CT molecular complexity index is 1700. The van der Waals surface area contributed by atoms with Crippen LogP contribution in [0.1, 0.15) is 22.3 Å². The van der Waals surface area contributed by atoms with E-state index in [4.69, 9.17) is 21.0 Å². The summed E-state index contributed by atoms with van der Waals surface area (Å²) in [4.78, 5) is 4.88. The summed E-state index contributed by atoms with van der Waals surface area (Å²) in [5.41, 5.74) is 9.06. The van der Waals surface area contributed by atoms with Crippen LogP contribution in [0.15, 0.2) is 126 Å². The summed E-state index contributed by atoms with van der Waals surface area (Å²) in [6.45, 7) is 0. The van der Waals surface area contributed by atoms with Gasteiger partial charge in [-0.2, -0.15) is 0 Å². The second-order valence-electron chi connectivity index (χ2n) is 8.89. The van der Waals surface area contributed by atoms with Crippen LogP contribution in [-0.2, 0) is 5.41 Å². The van der Waals surface area contributed by atoms with Crippen molar-refractivity contribution in [2.24, 2.45) is 0 Å². The number of oxazole rings is 1. The fraction of sp³-hybridized carbons (Fsp3) is 0.0312. The fourth-order valence-corrected chi connectivity index (χ4v) is 5.90. The van der Waals surface area contributed by atoms with Crippen molar-refractivity contribution in [3.05, 3.63) is 149 Å². The number of aromatic nitrogens is 1. The standard InChI is InChI=1S/C32H20ClNO/c33-27-17-9-16-26-30(27)24-14-7-8-15-25(24)32(26,22-12-5-2-6-13-22)23-18-19-29-28(20-23)34-31(35-29)21-10-3-1-4-11-21/h1-20H. The normalized spacial score (nSPS) is 16.3. The summed E-state index contributed by atoms with van der Waals surface area (Å²) in [5.74, 6) is 0.627. The van der Waals surface area contributed by atoms with Gasteiger partial charge in [0.2, 0.25) is 5.89 Å². The van der Waals surface area contributed by atoms with Gasteiger partial charge in [-0.3, -0.25) is 0 Å². The summed E-state index contributed by atoms with van der Waals surface area (Å²) in [6.07, 6.45) is 0. The van der Waals surface area contributed by atoms with Crippen molar-refractivity contribution >= 4 is 22.7 Å². The highest BCUT2D eigenvalue weighted by Crippen LogP contribution is 2.57. The van der Waals surface area contributed by atoms with E-state index in [1.807, 2.05) is 48.5 Å². The molecule has 5 aromatic carbocycles. The second kappa shape index (κ2) is 7.69. The molecule has 6 aromatic rings. The number of rotatable bonds is 3. The maximum absolute atomic E-state index is 6.84. The van der Waals surface area contributed by atoms with Crippen LogP contribution in [0.25, 0.3) is 33.7 Å². The SMILES string of the molecule is Clc1cccc2c1-c1ccccc1C2(c1ccccc1)c1ccc2oc(-c3ccccc3)nc2c1. The zero-order valence-corrected chi connectivity index (χ0v) is 19.5. The molecule has 0 saturated heterocycles. The van der Waals surface area contributed by atoms with Crippen molar-refractivity contribution in [3.63, 3.8) is 0 Å². The average molecular weight is 470 g/mol. The second-order valence-corrected chi connectivity index (χ2v) is 9.30. The van der Waals surface area contributed by atoms with Crippen LogP contribution in [0.2, 0.25) is 5.02 Å². The smallest absolute Gasteiger partial charge is 0.227 e. The molecule has 0 amide bonds.